The van der Waals surface area contributed by atoms with Crippen LogP contribution >= 0.6 is 0 Å². The molecule has 0 radical (unpaired) electrons. The molecule has 1 aromatic rings. The maximum atomic E-state index is 6.29. The summed E-state index contributed by atoms with van der Waals surface area (Å²) in [5.74, 6) is 0.782. The van der Waals surface area contributed by atoms with E-state index in [0.29, 0.717) is 6.10 Å². The van der Waals surface area contributed by atoms with Crippen molar-refractivity contribution in [1.29, 1.82) is 0 Å². The third kappa shape index (κ3) is 4.88. The van der Waals surface area contributed by atoms with E-state index in [-0.39, 0.29) is 6.10 Å². The highest BCUT2D eigenvalue weighted by Crippen LogP contribution is 2.24. The summed E-state index contributed by atoms with van der Waals surface area (Å²) in [4.78, 5) is 13.6. The van der Waals surface area contributed by atoms with Crippen molar-refractivity contribution in [3.8, 4) is 0 Å². The van der Waals surface area contributed by atoms with Crippen LogP contribution in [0.3, 0.4) is 0 Å². The highest BCUT2D eigenvalue weighted by Gasteiger charge is 2.27. The maximum absolute atomic E-state index is 6.29. The molecule has 0 aromatic carbocycles. The summed E-state index contributed by atoms with van der Waals surface area (Å²) < 4.78 is 11.8. The zero-order valence-corrected chi connectivity index (χ0v) is 15.2. The topological polar surface area (TPSA) is 50.7 Å². The third-order valence-electron chi connectivity index (χ3n) is 4.70. The van der Waals surface area contributed by atoms with E-state index in [1.165, 1.54) is 0 Å². The first-order valence-electron chi connectivity index (χ1n) is 9.07. The summed E-state index contributed by atoms with van der Waals surface area (Å²) in [5, 5.41) is 0. The van der Waals surface area contributed by atoms with Crippen LogP contribution in [0, 0.1) is 6.92 Å². The Labute approximate surface area is 145 Å². The summed E-state index contributed by atoms with van der Waals surface area (Å²) in [5.41, 5.74) is 2.10. The lowest BCUT2D eigenvalue weighted by atomic mass is 10.1. The minimum absolute atomic E-state index is 0.280. The molecule has 2 atom stereocenters. The van der Waals surface area contributed by atoms with Crippen LogP contribution in [0.4, 0.5) is 5.95 Å². The van der Waals surface area contributed by atoms with Crippen molar-refractivity contribution in [3.05, 3.63) is 17.5 Å². The lowest BCUT2D eigenvalue weighted by molar-refractivity contribution is 0.0224. The molecule has 0 saturated carbocycles. The van der Waals surface area contributed by atoms with Gasteiger partial charge in [-0.3, -0.25) is 4.90 Å². The van der Waals surface area contributed by atoms with E-state index in [2.05, 4.69) is 20.9 Å². The molecule has 0 amide bonds. The zero-order valence-electron chi connectivity index (χ0n) is 15.2. The summed E-state index contributed by atoms with van der Waals surface area (Å²) >= 11 is 0. The van der Waals surface area contributed by atoms with Crippen LogP contribution in [0.15, 0.2) is 6.07 Å². The second-order valence-electron chi connectivity index (χ2n) is 7.12. The fourth-order valence-electron chi connectivity index (χ4n) is 3.49. The summed E-state index contributed by atoms with van der Waals surface area (Å²) in [6, 6.07) is 2.08. The Bertz CT molecular complexity index is 530. The molecular formula is C18H30N4O2. The highest BCUT2D eigenvalue weighted by atomic mass is 16.5. The van der Waals surface area contributed by atoms with Crippen LogP contribution in [0.5, 0.6) is 0 Å². The van der Waals surface area contributed by atoms with Gasteiger partial charge in [0.25, 0.3) is 0 Å². The fraction of sp³-hybridized carbons (Fsp3) is 0.778. The van der Waals surface area contributed by atoms with Gasteiger partial charge < -0.3 is 14.4 Å². The van der Waals surface area contributed by atoms with Gasteiger partial charge in [-0.05, 0) is 32.3 Å². The summed E-state index contributed by atoms with van der Waals surface area (Å²) in [7, 11) is 3.96. The van der Waals surface area contributed by atoms with E-state index >= 15 is 0 Å². The average Bonchev–Trinajstić information content (AvgIpc) is 2.80. The molecule has 0 N–H and O–H groups in total. The third-order valence-corrected chi connectivity index (χ3v) is 4.70. The first kappa shape index (κ1) is 17.6. The molecule has 2 aliphatic rings. The fourth-order valence-corrected chi connectivity index (χ4v) is 3.49. The molecule has 2 saturated heterocycles. The molecule has 2 fully saturated rings. The summed E-state index contributed by atoms with van der Waals surface area (Å²) in [6.45, 7) is 6.96. The average molecular weight is 334 g/mol. The van der Waals surface area contributed by atoms with Crippen LogP contribution in [-0.4, -0.2) is 74.0 Å². The van der Waals surface area contributed by atoms with Gasteiger partial charge in [-0.2, -0.15) is 0 Å². The van der Waals surface area contributed by atoms with Crippen molar-refractivity contribution in [2.45, 2.75) is 44.8 Å². The van der Waals surface area contributed by atoms with Gasteiger partial charge in [0, 0.05) is 58.1 Å². The van der Waals surface area contributed by atoms with Gasteiger partial charge in [-0.25, -0.2) is 9.97 Å². The van der Waals surface area contributed by atoms with Gasteiger partial charge in [0.2, 0.25) is 5.95 Å². The summed E-state index contributed by atoms with van der Waals surface area (Å²) in [6.07, 6.45) is 4.90. The van der Waals surface area contributed by atoms with Crippen molar-refractivity contribution in [1.82, 2.24) is 14.9 Å². The number of ether oxygens (including phenoxy) is 2. The van der Waals surface area contributed by atoms with Crippen molar-refractivity contribution in [2.75, 3.05) is 51.8 Å². The molecule has 0 aliphatic carbocycles. The van der Waals surface area contributed by atoms with Crippen molar-refractivity contribution in [3.63, 3.8) is 0 Å². The van der Waals surface area contributed by atoms with Gasteiger partial charge >= 0.3 is 0 Å². The Morgan fingerprint density at radius 1 is 1.17 bits per heavy atom. The standard InChI is InChI=1S/C18H30N4O2/c1-14-11-15(20-18(19-14)21(2)3)12-16-5-6-17(24-16)13-22-7-4-9-23-10-8-22/h11,16-17H,4-10,12-13H2,1-3H3/t16-,17+/m0/s1. The largest absolute Gasteiger partial charge is 0.380 e. The Balaban J connectivity index is 1.52. The Hall–Kier alpha value is -1.24. The molecular weight excluding hydrogens is 304 g/mol. The number of aromatic nitrogens is 2. The van der Waals surface area contributed by atoms with E-state index < -0.39 is 0 Å². The molecule has 134 valence electrons. The number of rotatable bonds is 5. The molecule has 3 rings (SSSR count). The highest BCUT2D eigenvalue weighted by molar-refractivity contribution is 5.30. The van der Waals surface area contributed by atoms with Crippen LogP contribution in [0.2, 0.25) is 0 Å². The molecule has 6 nitrogen and oxygen atoms in total. The first-order chi connectivity index (χ1) is 11.6. The van der Waals surface area contributed by atoms with E-state index in [0.717, 1.165) is 75.9 Å². The van der Waals surface area contributed by atoms with Gasteiger partial charge in [0.1, 0.15) is 0 Å². The molecule has 24 heavy (non-hydrogen) atoms. The van der Waals surface area contributed by atoms with E-state index in [1.54, 1.807) is 0 Å². The van der Waals surface area contributed by atoms with E-state index in [1.807, 2.05) is 25.9 Å². The smallest absolute Gasteiger partial charge is 0.225 e. The minimum Gasteiger partial charge on any atom is -0.380 e. The molecule has 2 aliphatic heterocycles. The van der Waals surface area contributed by atoms with Gasteiger partial charge in [-0.15, -0.1) is 0 Å². The normalized spacial score (nSPS) is 25.6. The van der Waals surface area contributed by atoms with Crippen LogP contribution in [0.1, 0.15) is 30.7 Å². The van der Waals surface area contributed by atoms with Gasteiger partial charge in [0.05, 0.1) is 18.8 Å². The SMILES string of the molecule is Cc1cc(C[C@@H]2CC[C@H](CN3CCCOCC3)O2)nc(N(C)C)n1. The molecule has 0 unspecified atom stereocenters. The Kier molecular flexibility index (Phi) is 6.03. The monoisotopic (exact) mass is 334 g/mol. The van der Waals surface area contributed by atoms with Crippen LogP contribution < -0.4 is 4.90 Å². The van der Waals surface area contributed by atoms with Crippen molar-refractivity contribution >= 4 is 5.95 Å². The van der Waals surface area contributed by atoms with Crippen LogP contribution in [-0.2, 0) is 15.9 Å². The number of aryl methyl sites for hydroxylation is 1. The maximum Gasteiger partial charge on any atom is 0.225 e. The molecule has 0 bridgehead atoms. The Morgan fingerprint density at radius 2 is 2.00 bits per heavy atom. The lowest BCUT2D eigenvalue weighted by Gasteiger charge is -2.23. The number of nitrogens with zero attached hydrogens (tertiary/aromatic N) is 4. The lowest BCUT2D eigenvalue weighted by Crippen LogP contribution is -2.34. The van der Waals surface area contributed by atoms with Crippen LogP contribution in [0.25, 0.3) is 0 Å². The molecule has 1 aromatic heterocycles. The second-order valence-corrected chi connectivity index (χ2v) is 7.12. The van der Waals surface area contributed by atoms with E-state index in [9.17, 15) is 0 Å². The Morgan fingerprint density at radius 3 is 2.83 bits per heavy atom. The van der Waals surface area contributed by atoms with Crippen molar-refractivity contribution < 1.29 is 9.47 Å². The number of hydrogen-bond donors (Lipinski definition) is 0. The van der Waals surface area contributed by atoms with Gasteiger partial charge in [-0.1, -0.05) is 0 Å². The molecule has 0 spiro atoms. The first-order valence-corrected chi connectivity index (χ1v) is 9.07. The zero-order chi connectivity index (χ0) is 16.9. The second kappa shape index (κ2) is 8.23. The van der Waals surface area contributed by atoms with E-state index in [4.69, 9.17) is 9.47 Å². The van der Waals surface area contributed by atoms with Crippen molar-refractivity contribution in [2.24, 2.45) is 0 Å². The quantitative estimate of drug-likeness (QED) is 0.816. The predicted octanol–water partition coefficient (Wildman–Crippen LogP) is 1.66. The minimum atomic E-state index is 0.280. The van der Waals surface area contributed by atoms with Gasteiger partial charge in [0.15, 0.2) is 0 Å². The number of hydrogen-bond acceptors (Lipinski definition) is 6. The number of anilines is 1. The molecule has 6 heteroatoms. The molecule has 3 heterocycles. The predicted molar refractivity (Wildman–Crippen MR) is 94.6 cm³/mol.